The molecule has 0 aliphatic heterocycles. The number of hydrogen-bond donors (Lipinski definition) is 1. The molecule has 5 heteroatoms. The normalized spacial score (nSPS) is 10.9. The topological polar surface area (TPSA) is 63.1 Å². The van der Waals surface area contributed by atoms with Crippen molar-refractivity contribution in [3.63, 3.8) is 0 Å². The minimum Gasteiger partial charge on any atom is -0.481 e. The molecular formula is C23H17ClN2O2. The maximum atomic E-state index is 11.5. The summed E-state index contributed by atoms with van der Waals surface area (Å²) < 4.78 is 0. The summed E-state index contributed by atoms with van der Waals surface area (Å²) in [7, 11) is 0. The summed E-state index contributed by atoms with van der Waals surface area (Å²) in [5.41, 5.74) is 6.17. The van der Waals surface area contributed by atoms with Crippen molar-refractivity contribution >= 4 is 28.5 Å². The number of halogens is 1. The Morgan fingerprint density at radius 1 is 1.00 bits per heavy atom. The van der Waals surface area contributed by atoms with E-state index in [-0.39, 0.29) is 6.42 Å². The molecule has 0 saturated carbocycles. The van der Waals surface area contributed by atoms with Gasteiger partial charge in [0.15, 0.2) is 0 Å². The van der Waals surface area contributed by atoms with E-state index in [4.69, 9.17) is 16.6 Å². The van der Waals surface area contributed by atoms with Crippen LogP contribution in [0.4, 0.5) is 0 Å². The van der Waals surface area contributed by atoms with Gasteiger partial charge < -0.3 is 5.11 Å². The van der Waals surface area contributed by atoms with Crippen LogP contribution in [-0.4, -0.2) is 21.0 Å². The van der Waals surface area contributed by atoms with Crippen LogP contribution in [0.25, 0.3) is 33.3 Å². The highest BCUT2D eigenvalue weighted by molar-refractivity contribution is 6.30. The third-order valence-corrected chi connectivity index (χ3v) is 5.01. The number of aryl methyl sites for hydroxylation is 1. The number of carboxylic acid groups (broad SMARTS) is 1. The van der Waals surface area contributed by atoms with E-state index in [2.05, 4.69) is 4.98 Å². The lowest BCUT2D eigenvalue weighted by Gasteiger charge is -2.16. The summed E-state index contributed by atoms with van der Waals surface area (Å²) >= 11 is 6.05. The molecule has 0 radical (unpaired) electrons. The molecule has 4 rings (SSSR count). The molecule has 2 aromatic carbocycles. The molecule has 0 aliphatic carbocycles. The Balaban J connectivity index is 1.99. The molecule has 0 unspecified atom stereocenters. The molecule has 138 valence electrons. The lowest BCUT2D eigenvalue weighted by Crippen LogP contribution is -2.05. The molecule has 2 heterocycles. The van der Waals surface area contributed by atoms with Crippen LogP contribution >= 0.6 is 11.6 Å². The zero-order valence-corrected chi connectivity index (χ0v) is 15.9. The fraction of sp³-hybridized carbons (Fsp3) is 0.0870. The van der Waals surface area contributed by atoms with E-state index in [1.54, 1.807) is 12.4 Å². The average Bonchev–Trinajstić information content (AvgIpc) is 2.69. The molecule has 1 N–H and O–H groups in total. The third-order valence-electron chi connectivity index (χ3n) is 4.76. The highest BCUT2D eigenvalue weighted by atomic mass is 35.5. The second kappa shape index (κ2) is 7.41. The van der Waals surface area contributed by atoms with Crippen LogP contribution in [-0.2, 0) is 11.2 Å². The largest absolute Gasteiger partial charge is 0.481 e. The molecule has 0 bridgehead atoms. The first-order valence-corrected chi connectivity index (χ1v) is 9.22. The van der Waals surface area contributed by atoms with Crippen molar-refractivity contribution in [3.8, 4) is 22.4 Å². The van der Waals surface area contributed by atoms with Crippen molar-refractivity contribution in [3.05, 3.63) is 83.1 Å². The van der Waals surface area contributed by atoms with Gasteiger partial charge in [0.2, 0.25) is 0 Å². The fourth-order valence-electron chi connectivity index (χ4n) is 3.46. The second-order valence-corrected chi connectivity index (χ2v) is 7.06. The summed E-state index contributed by atoms with van der Waals surface area (Å²) in [5.74, 6) is -0.862. The molecule has 4 nitrogen and oxygen atoms in total. The molecule has 0 aliphatic rings. The van der Waals surface area contributed by atoms with Crippen molar-refractivity contribution in [2.45, 2.75) is 13.3 Å². The minimum absolute atomic E-state index is 0.0498. The maximum absolute atomic E-state index is 11.5. The molecule has 0 saturated heterocycles. The number of aliphatic carboxylic acids is 1. The zero-order chi connectivity index (χ0) is 19.7. The number of nitrogens with zero attached hydrogens (tertiary/aromatic N) is 2. The van der Waals surface area contributed by atoms with Crippen molar-refractivity contribution < 1.29 is 9.90 Å². The van der Waals surface area contributed by atoms with Crippen LogP contribution < -0.4 is 0 Å². The molecule has 0 spiro atoms. The van der Waals surface area contributed by atoms with Gasteiger partial charge >= 0.3 is 5.97 Å². The molecule has 4 aromatic rings. The first-order valence-electron chi connectivity index (χ1n) is 8.84. The van der Waals surface area contributed by atoms with Gasteiger partial charge in [0.05, 0.1) is 17.6 Å². The smallest absolute Gasteiger partial charge is 0.307 e. The number of rotatable bonds is 4. The zero-order valence-electron chi connectivity index (χ0n) is 15.2. The Labute approximate surface area is 167 Å². The van der Waals surface area contributed by atoms with Gasteiger partial charge in [-0.2, -0.15) is 0 Å². The number of hydrogen-bond acceptors (Lipinski definition) is 3. The molecule has 0 amide bonds. The molecule has 28 heavy (non-hydrogen) atoms. The van der Waals surface area contributed by atoms with E-state index >= 15 is 0 Å². The van der Waals surface area contributed by atoms with Gasteiger partial charge in [0, 0.05) is 28.4 Å². The van der Waals surface area contributed by atoms with Crippen LogP contribution in [0.15, 0.2) is 67.0 Å². The number of aromatic nitrogens is 2. The monoisotopic (exact) mass is 388 g/mol. The van der Waals surface area contributed by atoms with Crippen molar-refractivity contribution in [1.29, 1.82) is 0 Å². The Morgan fingerprint density at radius 3 is 2.39 bits per heavy atom. The first kappa shape index (κ1) is 18.1. The summed E-state index contributed by atoms with van der Waals surface area (Å²) in [5, 5.41) is 11.0. The van der Waals surface area contributed by atoms with Gasteiger partial charge in [-0.25, -0.2) is 4.98 Å². The summed E-state index contributed by atoms with van der Waals surface area (Å²) in [4.78, 5) is 20.4. The number of benzene rings is 2. The number of pyridine rings is 2. The van der Waals surface area contributed by atoms with E-state index < -0.39 is 5.97 Å². The SMILES string of the molecule is Cc1cc2nc(-c3ccncc3)ccc2c(-c2ccc(Cl)cc2)c1CC(=O)O. The van der Waals surface area contributed by atoms with Gasteiger partial charge in [-0.15, -0.1) is 0 Å². The van der Waals surface area contributed by atoms with Gasteiger partial charge in [0.25, 0.3) is 0 Å². The van der Waals surface area contributed by atoms with E-state index in [1.165, 1.54) is 0 Å². The van der Waals surface area contributed by atoms with Crippen LogP contribution in [0.3, 0.4) is 0 Å². The van der Waals surface area contributed by atoms with Crippen LogP contribution in [0.2, 0.25) is 5.02 Å². The van der Waals surface area contributed by atoms with Gasteiger partial charge in [-0.05, 0) is 65.6 Å². The van der Waals surface area contributed by atoms with E-state index in [9.17, 15) is 9.90 Å². The quantitative estimate of drug-likeness (QED) is 0.497. The van der Waals surface area contributed by atoms with Gasteiger partial charge in [0.1, 0.15) is 0 Å². The summed E-state index contributed by atoms with van der Waals surface area (Å²) in [6, 6.07) is 17.2. The molecular weight excluding hydrogens is 372 g/mol. The Morgan fingerprint density at radius 2 is 1.71 bits per heavy atom. The van der Waals surface area contributed by atoms with E-state index in [1.807, 2.05) is 61.5 Å². The summed E-state index contributed by atoms with van der Waals surface area (Å²) in [6.07, 6.45) is 3.43. The van der Waals surface area contributed by atoms with Crippen LogP contribution in [0.5, 0.6) is 0 Å². The number of fused-ring (bicyclic) bond motifs is 1. The Hall–Kier alpha value is -3.24. The lowest BCUT2D eigenvalue weighted by molar-refractivity contribution is -0.136. The highest BCUT2D eigenvalue weighted by Crippen LogP contribution is 2.36. The highest BCUT2D eigenvalue weighted by Gasteiger charge is 2.17. The van der Waals surface area contributed by atoms with E-state index in [0.717, 1.165) is 44.4 Å². The first-order chi connectivity index (χ1) is 13.5. The van der Waals surface area contributed by atoms with Crippen molar-refractivity contribution in [2.24, 2.45) is 0 Å². The van der Waals surface area contributed by atoms with Crippen LogP contribution in [0.1, 0.15) is 11.1 Å². The van der Waals surface area contributed by atoms with Gasteiger partial charge in [-0.1, -0.05) is 29.8 Å². The predicted octanol–water partition coefficient (Wildman–Crippen LogP) is 5.55. The average molecular weight is 389 g/mol. The Bertz CT molecular complexity index is 1170. The fourth-order valence-corrected chi connectivity index (χ4v) is 3.58. The third kappa shape index (κ3) is 3.47. The predicted molar refractivity (Wildman–Crippen MR) is 111 cm³/mol. The Kier molecular flexibility index (Phi) is 4.80. The van der Waals surface area contributed by atoms with Crippen molar-refractivity contribution in [2.75, 3.05) is 0 Å². The number of carboxylic acids is 1. The minimum atomic E-state index is -0.862. The van der Waals surface area contributed by atoms with Gasteiger partial charge in [-0.3, -0.25) is 9.78 Å². The maximum Gasteiger partial charge on any atom is 0.307 e. The molecule has 0 atom stereocenters. The van der Waals surface area contributed by atoms with E-state index in [0.29, 0.717) is 5.02 Å². The second-order valence-electron chi connectivity index (χ2n) is 6.62. The molecule has 2 aromatic heterocycles. The van der Waals surface area contributed by atoms with Crippen molar-refractivity contribution in [1.82, 2.24) is 9.97 Å². The summed E-state index contributed by atoms with van der Waals surface area (Å²) in [6.45, 7) is 1.93. The standard InChI is InChI=1S/C23H17ClN2O2/c1-14-12-21-18(6-7-20(26-21)15-8-10-25-11-9-15)23(19(14)13-22(27)28)16-2-4-17(24)5-3-16/h2-12H,13H2,1H3,(H,27,28). The molecule has 0 fully saturated rings. The van der Waals surface area contributed by atoms with Crippen LogP contribution in [0, 0.1) is 6.92 Å². The lowest BCUT2D eigenvalue weighted by atomic mass is 9.90. The number of carbonyl (C=O) groups is 1.